The zero-order chi connectivity index (χ0) is 6.83. The van der Waals surface area contributed by atoms with Crippen molar-refractivity contribution in [1.82, 2.24) is 5.32 Å². The molecule has 1 nitrogen and oxygen atoms in total. The van der Waals surface area contributed by atoms with Crippen molar-refractivity contribution < 1.29 is 20.5 Å². The van der Waals surface area contributed by atoms with Gasteiger partial charge in [0.25, 0.3) is 0 Å². The summed E-state index contributed by atoms with van der Waals surface area (Å²) in [5.41, 5.74) is 0. The maximum absolute atomic E-state index is 4.96. The molecular weight excluding hydrogens is 311 g/mol. The zero-order valence-electron chi connectivity index (χ0n) is 5.17. The van der Waals surface area contributed by atoms with Gasteiger partial charge in [-0.2, -0.15) is 0 Å². The molecule has 0 fully saturated rings. The Bertz CT molecular complexity index is 28.0. The van der Waals surface area contributed by atoms with E-state index in [4.69, 9.17) is 17.2 Å². The first kappa shape index (κ1) is 12.1. The summed E-state index contributed by atoms with van der Waals surface area (Å²) in [6.07, 6.45) is 0. The average molecular weight is 323 g/mol. The predicted octanol–water partition coefficient (Wildman–Crippen LogP) is 1.99. The van der Waals surface area contributed by atoms with E-state index in [0.29, 0.717) is 0 Å². The summed E-state index contributed by atoms with van der Waals surface area (Å²) in [6.45, 7) is 6.39. The fourth-order valence-electron chi connectivity index (χ4n) is 0.250. The minimum absolute atomic E-state index is 0.972. The van der Waals surface area contributed by atoms with E-state index in [1.807, 2.05) is 0 Å². The quantitative estimate of drug-likeness (QED) is 0.767. The normalized spacial score (nSPS) is 7.00. The van der Waals surface area contributed by atoms with Crippen LogP contribution in [-0.2, 0) is 20.5 Å². The fraction of sp³-hybridized carbons (Fsp3) is 1.00. The summed E-state index contributed by atoms with van der Waals surface area (Å²) >= 11 is -0.972. The molecule has 0 aromatic heterocycles. The van der Waals surface area contributed by atoms with Gasteiger partial charge >= 0.3 is 37.7 Å². The average Bonchev–Trinajstić information content (AvgIpc) is 1.71. The molecule has 0 saturated heterocycles. The van der Waals surface area contributed by atoms with Crippen LogP contribution in [-0.4, -0.2) is 13.1 Å². The van der Waals surface area contributed by atoms with Gasteiger partial charge in [-0.15, -0.1) is 0 Å². The van der Waals surface area contributed by atoms with Gasteiger partial charge < -0.3 is 5.32 Å². The molecule has 0 heterocycles. The molecule has 0 aliphatic heterocycles. The van der Waals surface area contributed by atoms with Crippen LogP contribution in [0, 0.1) is 0 Å². The molecule has 0 bridgehead atoms. The van der Waals surface area contributed by atoms with Crippen molar-refractivity contribution in [2.45, 2.75) is 13.8 Å². The maximum atomic E-state index is 4.96. The van der Waals surface area contributed by atoms with Crippen LogP contribution in [0.5, 0.6) is 0 Å². The first-order chi connectivity index (χ1) is 3.83. The molecule has 0 spiro atoms. The summed E-state index contributed by atoms with van der Waals surface area (Å²) in [4.78, 5) is 0. The van der Waals surface area contributed by atoms with Gasteiger partial charge in [0.15, 0.2) is 0 Å². The Kier molecular flexibility index (Phi) is 23.9. The molecule has 0 amide bonds. The van der Waals surface area contributed by atoms with Crippen LogP contribution in [0.4, 0.5) is 0 Å². The van der Waals surface area contributed by atoms with Crippen molar-refractivity contribution in [3.63, 3.8) is 0 Å². The van der Waals surface area contributed by atoms with Gasteiger partial charge in [-0.3, -0.25) is 0 Å². The first-order valence-electron chi connectivity index (χ1n) is 2.50. The first-order valence-corrected chi connectivity index (χ1v) is 11.4. The second-order valence-corrected chi connectivity index (χ2v) is 6.22. The van der Waals surface area contributed by atoms with E-state index in [1.165, 1.54) is 0 Å². The Morgan fingerprint density at radius 1 is 1.25 bits per heavy atom. The van der Waals surface area contributed by atoms with Gasteiger partial charge in [-0.25, -0.2) is 0 Å². The van der Waals surface area contributed by atoms with E-state index >= 15 is 0 Å². The SMILES string of the molecule is CCNCC.[Cl][Hf][Cl]. The van der Waals surface area contributed by atoms with Crippen molar-refractivity contribution >= 4 is 17.2 Å². The van der Waals surface area contributed by atoms with E-state index in [-0.39, 0.29) is 0 Å². The topological polar surface area (TPSA) is 12.0 Å². The van der Waals surface area contributed by atoms with E-state index in [0.717, 1.165) is 13.1 Å². The van der Waals surface area contributed by atoms with Crippen molar-refractivity contribution in [3.05, 3.63) is 0 Å². The minimum atomic E-state index is -0.972. The molecule has 0 atom stereocenters. The summed E-state index contributed by atoms with van der Waals surface area (Å²) in [6, 6.07) is 0. The molecule has 8 heavy (non-hydrogen) atoms. The summed E-state index contributed by atoms with van der Waals surface area (Å²) in [5.74, 6) is 0. The second kappa shape index (κ2) is 15.8. The molecular formula is C4H11Cl2HfN. The third-order valence-electron chi connectivity index (χ3n) is 0.500. The molecule has 0 radical (unpaired) electrons. The van der Waals surface area contributed by atoms with Crippen molar-refractivity contribution in [2.24, 2.45) is 0 Å². The monoisotopic (exact) mass is 323 g/mol. The van der Waals surface area contributed by atoms with Crippen LogP contribution < -0.4 is 5.32 Å². The van der Waals surface area contributed by atoms with Crippen LogP contribution >= 0.6 is 17.2 Å². The number of nitrogens with one attached hydrogen (secondary N) is 1. The van der Waals surface area contributed by atoms with E-state index < -0.39 is 20.5 Å². The zero-order valence-corrected chi connectivity index (χ0v) is 10.3. The number of hydrogen-bond donors (Lipinski definition) is 1. The van der Waals surface area contributed by atoms with Gasteiger partial charge in [0, 0.05) is 0 Å². The third-order valence-corrected chi connectivity index (χ3v) is 0.500. The molecule has 0 aliphatic rings. The van der Waals surface area contributed by atoms with E-state index in [1.54, 1.807) is 0 Å². The van der Waals surface area contributed by atoms with Gasteiger partial charge in [0.05, 0.1) is 0 Å². The molecule has 0 aromatic rings. The van der Waals surface area contributed by atoms with Crippen LogP contribution in [0.1, 0.15) is 13.8 Å². The van der Waals surface area contributed by atoms with Crippen molar-refractivity contribution in [3.8, 4) is 0 Å². The van der Waals surface area contributed by atoms with Crippen molar-refractivity contribution in [2.75, 3.05) is 13.1 Å². The summed E-state index contributed by atoms with van der Waals surface area (Å²) < 4.78 is 0. The van der Waals surface area contributed by atoms with Crippen LogP contribution in [0.25, 0.3) is 0 Å². The summed E-state index contributed by atoms with van der Waals surface area (Å²) in [7, 11) is 9.92. The number of halogens is 2. The van der Waals surface area contributed by atoms with Crippen molar-refractivity contribution in [1.29, 1.82) is 0 Å². The van der Waals surface area contributed by atoms with Gasteiger partial charge in [0.1, 0.15) is 0 Å². The van der Waals surface area contributed by atoms with E-state index in [9.17, 15) is 0 Å². The molecule has 0 aliphatic carbocycles. The Balaban J connectivity index is 0. The predicted molar refractivity (Wildman–Crippen MR) is 35.9 cm³/mol. The number of rotatable bonds is 2. The fourth-order valence-corrected chi connectivity index (χ4v) is 0.250. The Morgan fingerprint density at radius 2 is 1.50 bits per heavy atom. The van der Waals surface area contributed by atoms with Gasteiger partial charge in [-0.1, -0.05) is 13.8 Å². The molecule has 4 heteroatoms. The van der Waals surface area contributed by atoms with Crippen LogP contribution in [0.15, 0.2) is 0 Å². The second-order valence-electron chi connectivity index (χ2n) is 1.03. The van der Waals surface area contributed by atoms with E-state index in [2.05, 4.69) is 19.2 Å². The van der Waals surface area contributed by atoms with Gasteiger partial charge in [-0.05, 0) is 13.1 Å². The Morgan fingerprint density at radius 3 is 1.50 bits per heavy atom. The van der Waals surface area contributed by atoms with Crippen LogP contribution in [0.2, 0.25) is 0 Å². The molecule has 0 rings (SSSR count). The molecule has 0 saturated carbocycles. The van der Waals surface area contributed by atoms with Gasteiger partial charge in [0.2, 0.25) is 0 Å². The third kappa shape index (κ3) is 26.2. The Hall–Kier alpha value is 1.41. The van der Waals surface area contributed by atoms with Crippen LogP contribution in [0.3, 0.4) is 0 Å². The number of hydrogen-bond acceptors (Lipinski definition) is 1. The standard InChI is InChI=1S/C4H11N.2ClH.Hf/c1-3-5-4-2;;;/h5H,3-4H2,1-2H3;2*1H;/q;;;+2/p-2. The molecule has 50 valence electrons. The molecule has 0 unspecified atom stereocenters. The molecule has 1 N–H and O–H groups in total. The Labute approximate surface area is 69.6 Å². The molecule has 0 aromatic carbocycles. The summed E-state index contributed by atoms with van der Waals surface area (Å²) in [5, 5.41) is 3.11.